The summed E-state index contributed by atoms with van der Waals surface area (Å²) in [5.41, 5.74) is -0.632. The summed E-state index contributed by atoms with van der Waals surface area (Å²) in [6.45, 7) is 15.9. The van der Waals surface area contributed by atoms with Gasteiger partial charge in [-0.15, -0.1) is 10.2 Å². The molecule has 264 valence electrons. The molecule has 2 rings (SSSR count). The highest BCUT2D eigenvalue weighted by molar-refractivity contribution is 7.89. The summed E-state index contributed by atoms with van der Waals surface area (Å²) in [7, 11) is -3.98. The van der Waals surface area contributed by atoms with Gasteiger partial charge in [-0.3, -0.25) is 14.6 Å². The van der Waals surface area contributed by atoms with Crippen LogP contribution in [0.1, 0.15) is 128 Å². The summed E-state index contributed by atoms with van der Waals surface area (Å²) in [5, 5.41) is 19.1. The first-order valence-electron chi connectivity index (χ1n) is 17.8. The zero-order valence-electron chi connectivity index (χ0n) is 29.8. The summed E-state index contributed by atoms with van der Waals surface area (Å²) in [6.07, 6.45) is 10.4. The minimum atomic E-state index is -3.98. The third kappa shape index (κ3) is 11.3. The van der Waals surface area contributed by atoms with E-state index in [-0.39, 0.29) is 39.2 Å². The van der Waals surface area contributed by atoms with Gasteiger partial charge in [0.25, 0.3) is 11.5 Å². The van der Waals surface area contributed by atoms with Crippen molar-refractivity contribution < 1.29 is 18.3 Å². The maximum Gasteiger partial charge on any atom is 0.278 e. The molecule has 2 N–H and O–H groups in total. The molecule has 2 atom stereocenters. The number of benzene rings is 1. The van der Waals surface area contributed by atoms with E-state index in [2.05, 4.69) is 42.9 Å². The maximum absolute atomic E-state index is 14.5. The van der Waals surface area contributed by atoms with Gasteiger partial charge in [0.15, 0.2) is 5.69 Å². The Morgan fingerprint density at radius 1 is 0.851 bits per heavy atom. The Hall–Kier alpha value is -3.05. The van der Waals surface area contributed by atoms with E-state index in [0.717, 1.165) is 70.6 Å². The molecule has 2 aromatic rings. The molecule has 11 heteroatoms. The van der Waals surface area contributed by atoms with Crippen LogP contribution in [0.2, 0.25) is 0 Å². The lowest BCUT2D eigenvalue weighted by molar-refractivity contribution is 0.0751. The Bertz CT molecular complexity index is 1450. The van der Waals surface area contributed by atoms with Gasteiger partial charge in [0.1, 0.15) is 16.1 Å². The number of carbonyl (C=O) groups excluding carboxylic acids is 1. The fourth-order valence-electron chi connectivity index (χ4n) is 6.08. The zero-order chi connectivity index (χ0) is 35.0. The summed E-state index contributed by atoms with van der Waals surface area (Å²) in [5.74, 6) is -0.443. The molecule has 1 heterocycles. The number of carbonyl (C=O) groups is 1. The molecular formula is C36H59N5O5S. The standard InChI is InChI=1S/C36H59N5O5S/c1-8-14-19-28(13-6)25-41(26-29(18-10-3)20-15-9-2)47(45,46)31-22-17-16-21-30(31)38-39-33-27(7)32(34(42)37-35(33)43)36(44)40(23-11-4)24-12-5/h16-17,21-22,28-29H,8-15,18-20,23-26H2,1-7H3,(H2,37,42,43). The third-order valence-corrected chi connectivity index (χ3v) is 10.7. The van der Waals surface area contributed by atoms with Crippen molar-refractivity contribution in [2.24, 2.45) is 22.1 Å². The average Bonchev–Trinajstić information content (AvgIpc) is 3.04. The Morgan fingerprint density at radius 2 is 1.45 bits per heavy atom. The second kappa shape index (κ2) is 20.3. The minimum absolute atomic E-state index is 0.0288. The molecule has 1 amide bonds. The fraction of sp³-hybridized carbons (Fsp3) is 0.667. The van der Waals surface area contributed by atoms with Crippen molar-refractivity contribution in [3.63, 3.8) is 0 Å². The van der Waals surface area contributed by atoms with Gasteiger partial charge < -0.3 is 10.0 Å². The molecule has 47 heavy (non-hydrogen) atoms. The maximum atomic E-state index is 14.5. The largest absolute Gasteiger partial charge is 0.494 e. The molecule has 0 spiro atoms. The number of H-pyrrole nitrogens is 1. The lowest BCUT2D eigenvalue weighted by Crippen LogP contribution is -2.39. The minimum Gasteiger partial charge on any atom is -0.494 e. The zero-order valence-corrected chi connectivity index (χ0v) is 30.7. The summed E-state index contributed by atoms with van der Waals surface area (Å²) >= 11 is 0. The predicted octanol–water partition coefficient (Wildman–Crippen LogP) is 8.88. The van der Waals surface area contributed by atoms with Crippen molar-refractivity contribution in [2.75, 3.05) is 26.2 Å². The number of aromatic nitrogens is 1. The van der Waals surface area contributed by atoms with E-state index in [1.165, 1.54) is 0 Å². The normalized spacial score (nSPS) is 13.4. The van der Waals surface area contributed by atoms with E-state index in [0.29, 0.717) is 26.2 Å². The van der Waals surface area contributed by atoms with Crippen molar-refractivity contribution >= 4 is 27.3 Å². The topological polar surface area (TPSA) is 136 Å². The van der Waals surface area contributed by atoms with Crippen molar-refractivity contribution in [1.29, 1.82) is 0 Å². The van der Waals surface area contributed by atoms with Crippen molar-refractivity contribution in [3.8, 4) is 5.88 Å². The number of aromatic amines is 1. The number of hydrogen-bond donors (Lipinski definition) is 2. The number of sulfonamides is 1. The molecule has 0 aliphatic rings. The van der Waals surface area contributed by atoms with Crippen LogP contribution in [0, 0.1) is 18.8 Å². The number of unbranched alkanes of at least 4 members (excludes halogenated alkanes) is 2. The molecule has 0 aliphatic heterocycles. The van der Waals surface area contributed by atoms with E-state index >= 15 is 0 Å². The van der Waals surface area contributed by atoms with E-state index in [1.54, 1.807) is 40.4 Å². The Labute approximate surface area is 283 Å². The van der Waals surface area contributed by atoms with E-state index < -0.39 is 27.4 Å². The summed E-state index contributed by atoms with van der Waals surface area (Å²) < 4.78 is 30.7. The first kappa shape index (κ1) is 40.1. The highest BCUT2D eigenvalue weighted by Gasteiger charge is 2.31. The summed E-state index contributed by atoms with van der Waals surface area (Å²) in [6, 6.07) is 6.47. The highest BCUT2D eigenvalue weighted by Crippen LogP contribution is 2.33. The van der Waals surface area contributed by atoms with Crippen LogP contribution in [0.5, 0.6) is 5.88 Å². The molecule has 10 nitrogen and oxygen atoms in total. The lowest BCUT2D eigenvalue weighted by atomic mass is 9.95. The van der Waals surface area contributed by atoms with Gasteiger partial charge in [0.2, 0.25) is 15.9 Å². The second-order valence-corrected chi connectivity index (χ2v) is 14.6. The third-order valence-electron chi connectivity index (χ3n) is 8.77. The van der Waals surface area contributed by atoms with Gasteiger partial charge >= 0.3 is 0 Å². The number of aromatic hydroxyl groups is 1. The van der Waals surface area contributed by atoms with Crippen LogP contribution in [-0.4, -0.2) is 59.8 Å². The predicted molar refractivity (Wildman–Crippen MR) is 191 cm³/mol. The number of nitrogens with one attached hydrogen (secondary N) is 1. The van der Waals surface area contributed by atoms with Crippen molar-refractivity contribution in [2.45, 2.75) is 124 Å². The molecular weight excluding hydrogens is 614 g/mol. The molecule has 0 radical (unpaired) electrons. The van der Waals surface area contributed by atoms with Gasteiger partial charge in [-0.25, -0.2) is 8.42 Å². The van der Waals surface area contributed by atoms with Crippen LogP contribution in [0.3, 0.4) is 0 Å². The van der Waals surface area contributed by atoms with Gasteiger partial charge in [-0.05, 0) is 63.0 Å². The van der Waals surface area contributed by atoms with E-state index in [9.17, 15) is 23.1 Å². The SMILES string of the molecule is CCCCC(CC)CN(CC(CCC)CCCC)S(=O)(=O)c1ccccc1N=Nc1c(C)c(C(=O)N(CCC)CCC)c(O)[nH]c1=O. The van der Waals surface area contributed by atoms with Crippen LogP contribution in [-0.2, 0) is 10.0 Å². The van der Waals surface area contributed by atoms with Crippen LogP contribution in [0.4, 0.5) is 11.4 Å². The molecule has 1 aromatic heterocycles. The summed E-state index contributed by atoms with van der Waals surface area (Å²) in [4.78, 5) is 30.4. The van der Waals surface area contributed by atoms with Gasteiger partial charge in [0.05, 0.1) is 0 Å². The van der Waals surface area contributed by atoms with Gasteiger partial charge in [0, 0.05) is 31.7 Å². The number of rotatable bonds is 22. The Morgan fingerprint density at radius 3 is 2.02 bits per heavy atom. The Balaban J connectivity index is 2.62. The molecule has 0 fully saturated rings. The smallest absolute Gasteiger partial charge is 0.278 e. The molecule has 0 saturated carbocycles. The number of nitrogens with zero attached hydrogens (tertiary/aromatic N) is 4. The quantitative estimate of drug-likeness (QED) is 0.120. The fourth-order valence-corrected chi connectivity index (χ4v) is 7.80. The number of amides is 1. The number of hydrogen-bond acceptors (Lipinski definition) is 7. The lowest BCUT2D eigenvalue weighted by Gasteiger charge is -2.30. The molecule has 0 bridgehead atoms. The van der Waals surface area contributed by atoms with Crippen molar-refractivity contribution in [3.05, 3.63) is 45.7 Å². The monoisotopic (exact) mass is 673 g/mol. The van der Waals surface area contributed by atoms with Crippen LogP contribution in [0.25, 0.3) is 0 Å². The molecule has 1 aromatic carbocycles. The number of azo groups is 1. The first-order valence-corrected chi connectivity index (χ1v) is 19.2. The Kier molecular flexibility index (Phi) is 17.4. The van der Waals surface area contributed by atoms with Crippen LogP contribution < -0.4 is 5.56 Å². The molecule has 0 saturated heterocycles. The average molecular weight is 674 g/mol. The molecule has 0 aliphatic carbocycles. The van der Waals surface area contributed by atoms with Gasteiger partial charge in [-0.1, -0.05) is 92.2 Å². The van der Waals surface area contributed by atoms with Crippen LogP contribution >= 0.6 is 0 Å². The van der Waals surface area contributed by atoms with Gasteiger partial charge in [-0.2, -0.15) is 4.31 Å². The molecule has 2 unspecified atom stereocenters. The van der Waals surface area contributed by atoms with Crippen LogP contribution in [0.15, 0.2) is 44.2 Å². The first-order chi connectivity index (χ1) is 22.5. The second-order valence-electron chi connectivity index (χ2n) is 12.6. The number of pyridine rings is 1. The van der Waals surface area contributed by atoms with E-state index in [1.807, 2.05) is 13.8 Å². The highest BCUT2D eigenvalue weighted by atomic mass is 32.2. The van der Waals surface area contributed by atoms with E-state index in [4.69, 9.17) is 0 Å². The van der Waals surface area contributed by atoms with Crippen molar-refractivity contribution in [1.82, 2.24) is 14.2 Å².